The zero-order chi connectivity index (χ0) is 18.6. The molecule has 1 saturated heterocycles. The lowest BCUT2D eigenvalue weighted by Gasteiger charge is -2.30. The number of amides is 1. The van der Waals surface area contributed by atoms with E-state index in [2.05, 4.69) is 35.1 Å². The second kappa shape index (κ2) is 8.97. The predicted molar refractivity (Wildman–Crippen MR) is 105 cm³/mol. The van der Waals surface area contributed by atoms with Crippen molar-refractivity contribution < 1.29 is 13.2 Å². The average Bonchev–Trinajstić information content (AvgIpc) is 3.00. The molecule has 8 heteroatoms. The Morgan fingerprint density at radius 3 is 2.44 bits per heavy atom. The van der Waals surface area contributed by atoms with Crippen molar-refractivity contribution in [3.8, 4) is 0 Å². The van der Waals surface area contributed by atoms with Gasteiger partial charge in [-0.05, 0) is 66.6 Å². The highest BCUT2D eigenvalue weighted by Gasteiger charge is 2.33. The Hall–Kier alpha value is -0.440. The highest BCUT2D eigenvalue weighted by atomic mass is 79.9. The minimum absolute atomic E-state index is 0.0622. The van der Waals surface area contributed by atoms with Crippen LogP contribution in [-0.4, -0.2) is 37.8 Å². The van der Waals surface area contributed by atoms with Gasteiger partial charge in [-0.2, -0.15) is 4.31 Å². The quantitative estimate of drug-likeness (QED) is 0.685. The molecule has 1 fully saturated rings. The zero-order valence-electron chi connectivity index (χ0n) is 15.0. The first-order valence-electron chi connectivity index (χ1n) is 8.76. The maximum atomic E-state index is 12.6. The number of piperidine rings is 1. The molecule has 142 valence electrons. The van der Waals surface area contributed by atoms with Crippen LogP contribution in [0, 0.1) is 11.8 Å². The van der Waals surface area contributed by atoms with Crippen LogP contribution in [0.1, 0.15) is 46.5 Å². The fraction of sp³-hybridized carbons (Fsp3) is 0.706. The van der Waals surface area contributed by atoms with Crippen LogP contribution in [0.25, 0.3) is 0 Å². The van der Waals surface area contributed by atoms with E-state index in [1.54, 1.807) is 12.1 Å². The van der Waals surface area contributed by atoms with Gasteiger partial charge in [-0.1, -0.05) is 13.8 Å². The molecule has 1 aliphatic rings. The Kier molecular flexibility index (Phi) is 7.49. The minimum Gasteiger partial charge on any atom is -0.353 e. The fourth-order valence-corrected chi connectivity index (χ4v) is 6.57. The zero-order valence-corrected chi connectivity index (χ0v) is 18.2. The number of nitrogens with one attached hydrogen (secondary N) is 1. The van der Waals surface area contributed by atoms with Gasteiger partial charge < -0.3 is 5.32 Å². The summed E-state index contributed by atoms with van der Waals surface area (Å²) in [6, 6.07) is 3.54. The third-order valence-corrected chi connectivity index (χ3v) is 8.52. The lowest BCUT2D eigenvalue weighted by atomic mass is 9.96. The van der Waals surface area contributed by atoms with Crippen molar-refractivity contribution in [2.45, 2.75) is 56.7 Å². The molecule has 0 unspecified atom stereocenters. The van der Waals surface area contributed by atoms with E-state index in [4.69, 9.17) is 0 Å². The second-order valence-corrected chi connectivity index (χ2v) is 11.7. The van der Waals surface area contributed by atoms with Crippen molar-refractivity contribution in [3.05, 3.63) is 15.9 Å². The van der Waals surface area contributed by atoms with Gasteiger partial charge in [-0.3, -0.25) is 4.79 Å². The topological polar surface area (TPSA) is 66.5 Å². The molecule has 0 aliphatic carbocycles. The lowest BCUT2D eigenvalue weighted by molar-refractivity contribution is -0.126. The molecule has 1 aromatic heterocycles. The van der Waals surface area contributed by atoms with Gasteiger partial charge in [-0.15, -0.1) is 11.3 Å². The average molecular weight is 451 g/mol. The molecule has 1 aromatic rings. The van der Waals surface area contributed by atoms with E-state index >= 15 is 0 Å². The van der Waals surface area contributed by atoms with Gasteiger partial charge in [0.15, 0.2) is 0 Å². The molecular weight excluding hydrogens is 424 g/mol. The second-order valence-electron chi connectivity index (χ2n) is 7.12. The molecule has 1 N–H and O–H groups in total. The van der Waals surface area contributed by atoms with Crippen molar-refractivity contribution in [3.63, 3.8) is 0 Å². The number of carbonyl (C=O) groups excluding carboxylic acids is 1. The molecule has 0 aromatic carbocycles. The molecule has 0 saturated carbocycles. The molecule has 1 atom stereocenters. The van der Waals surface area contributed by atoms with Crippen molar-refractivity contribution >= 4 is 43.2 Å². The molecule has 2 heterocycles. The molecule has 1 aliphatic heterocycles. The standard InChI is InChI=1S/C17H27BrN2O3S2/c1-12(2)4-5-13(3)19-17(21)14-8-10-20(11-9-14)25(22,23)16-7-6-15(18)24-16/h6-7,12-14H,4-5,8-11H2,1-3H3,(H,19,21)/t13-/m1/s1. The van der Waals surface area contributed by atoms with Gasteiger partial charge in [0.1, 0.15) is 4.21 Å². The maximum Gasteiger partial charge on any atom is 0.252 e. The monoisotopic (exact) mass is 450 g/mol. The minimum atomic E-state index is -3.44. The largest absolute Gasteiger partial charge is 0.353 e. The molecule has 5 nitrogen and oxygen atoms in total. The summed E-state index contributed by atoms with van der Waals surface area (Å²) < 4.78 is 27.9. The smallest absolute Gasteiger partial charge is 0.252 e. The third kappa shape index (κ3) is 5.77. The number of hydrogen-bond acceptors (Lipinski definition) is 4. The summed E-state index contributed by atoms with van der Waals surface area (Å²) in [6.07, 6.45) is 3.22. The van der Waals surface area contributed by atoms with E-state index in [0.717, 1.165) is 16.6 Å². The summed E-state index contributed by atoms with van der Waals surface area (Å²) in [5, 5.41) is 3.08. The fourth-order valence-electron chi connectivity index (χ4n) is 2.94. The van der Waals surface area contributed by atoms with Crippen LogP contribution in [0.3, 0.4) is 0 Å². The lowest BCUT2D eigenvalue weighted by Crippen LogP contribution is -2.44. The van der Waals surface area contributed by atoms with E-state index in [1.165, 1.54) is 15.6 Å². The highest BCUT2D eigenvalue weighted by molar-refractivity contribution is 9.11. The predicted octanol–water partition coefficient (Wildman–Crippen LogP) is 3.85. The molecular formula is C17H27BrN2O3S2. The molecule has 2 rings (SSSR count). The van der Waals surface area contributed by atoms with Crippen LogP contribution in [0.4, 0.5) is 0 Å². The Balaban J connectivity index is 1.85. The number of thiophene rings is 1. The van der Waals surface area contributed by atoms with Crippen LogP contribution in [0.2, 0.25) is 0 Å². The Morgan fingerprint density at radius 2 is 1.92 bits per heavy atom. The van der Waals surface area contributed by atoms with Gasteiger partial charge in [0.05, 0.1) is 3.79 Å². The number of carbonyl (C=O) groups is 1. The SMILES string of the molecule is CC(C)CC[C@@H](C)NC(=O)C1CCN(S(=O)(=O)c2ccc(Br)s2)CC1. The van der Waals surface area contributed by atoms with Crippen LogP contribution in [0.5, 0.6) is 0 Å². The maximum absolute atomic E-state index is 12.6. The van der Waals surface area contributed by atoms with E-state index in [0.29, 0.717) is 36.1 Å². The van der Waals surface area contributed by atoms with E-state index in [9.17, 15) is 13.2 Å². The van der Waals surface area contributed by atoms with E-state index in [-0.39, 0.29) is 17.9 Å². The molecule has 0 bridgehead atoms. The summed E-state index contributed by atoms with van der Waals surface area (Å²) >= 11 is 4.52. The first-order valence-corrected chi connectivity index (χ1v) is 11.8. The number of sulfonamides is 1. The van der Waals surface area contributed by atoms with Crippen LogP contribution < -0.4 is 5.32 Å². The van der Waals surface area contributed by atoms with Crippen molar-refractivity contribution in [2.24, 2.45) is 11.8 Å². The summed E-state index contributed by atoms with van der Waals surface area (Å²) in [5.41, 5.74) is 0. The first kappa shape index (κ1) is 20.9. The van der Waals surface area contributed by atoms with Crippen molar-refractivity contribution in [2.75, 3.05) is 13.1 Å². The van der Waals surface area contributed by atoms with Gasteiger partial charge in [-0.25, -0.2) is 8.42 Å². The van der Waals surface area contributed by atoms with Gasteiger partial charge in [0.2, 0.25) is 5.91 Å². The third-order valence-electron chi connectivity index (χ3n) is 4.53. The Bertz CT molecular complexity index is 680. The summed E-state index contributed by atoms with van der Waals surface area (Å²) in [5.74, 6) is 0.597. The van der Waals surface area contributed by atoms with Crippen molar-refractivity contribution in [1.29, 1.82) is 0 Å². The van der Waals surface area contributed by atoms with Gasteiger partial charge in [0, 0.05) is 25.0 Å². The highest BCUT2D eigenvalue weighted by Crippen LogP contribution is 2.30. The number of nitrogens with zero attached hydrogens (tertiary/aromatic N) is 1. The summed E-state index contributed by atoms with van der Waals surface area (Å²) in [6.45, 7) is 7.19. The number of halogens is 1. The molecule has 0 radical (unpaired) electrons. The summed E-state index contributed by atoms with van der Waals surface area (Å²) in [4.78, 5) is 12.4. The normalized spacial score (nSPS) is 18.4. The molecule has 1 amide bonds. The molecule has 0 spiro atoms. The number of hydrogen-bond donors (Lipinski definition) is 1. The first-order chi connectivity index (χ1) is 11.7. The van der Waals surface area contributed by atoms with Gasteiger partial charge in [0.25, 0.3) is 10.0 Å². The molecule has 25 heavy (non-hydrogen) atoms. The summed E-state index contributed by atoms with van der Waals surface area (Å²) in [7, 11) is -3.44. The van der Waals surface area contributed by atoms with Crippen LogP contribution >= 0.6 is 27.3 Å². The van der Waals surface area contributed by atoms with Crippen molar-refractivity contribution in [1.82, 2.24) is 9.62 Å². The van der Waals surface area contributed by atoms with Crippen LogP contribution in [0.15, 0.2) is 20.1 Å². The van der Waals surface area contributed by atoms with E-state index < -0.39 is 10.0 Å². The van der Waals surface area contributed by atoms with Crippen LogP contribution in [-0.2, 0) is 14.8 Å². The Morgan fingerprint density at radius 1 is 1.28 bits per heavy atom. The Labute approximate surface area is 163 Å². The van der Waals surface area contributed by atoms with Gasteiger partial charge >= 0.3 is 0 Å². The number of rotatable bonds is 7. The van der Waals surface area contributed by atoms with E-state index in [1.807, 2.05) is 6.92 Å².